The number of ether oxygens (including phenoxy) is 3. The molecule has 1 aromatic carbocycles. The van der Waals surface area contributed by atoms with Crippen LogP contribution in [0.5, 0.6) is 0 Å². The quantitative estimate of drug-likeness (QED) is 0.328. The minimum absolute atomic E-state index is 0. The molecule has 1 heterocycles. The Morgan fingerprint density at radius 3 is 2.33 bits per heavy atom. The van der Waals surface area contributed by atoms with Gasteiger partial charge in [0.15, 0.2) is 5.79 Å². The maximum Gasteiger partial charge on any atom is 0.338 e. The van der Waals surface area contributed by atoms with Crippen LogP contribution in [0, 0.1) is 52.3 Å². The average Bonchev–Trinajstić information content (AvgIpc) is 3.56. The second-order valence-corrected chi connectivity index (χ2v) is 15.4. The van der Waals surface area contributed by atoms with Crippen LogP contribution in [0.2, 0.25) is 0 Å². The van der Waals surface area contributed by atoms with E-state index in [4.69, 9.17) is 14.2 Å². The van der Waals surface area contributed by atoms with Gasteiger partial charge < -0.3 is 19.3 Å². The van der Waals surface area contributed by atoms with E-state index in [-0.39, 0.29) is 36.4 Å². The fourth-order valence-electron chi connectivity index (χ4n) is 10.7. The molecule has 1 aliphatic heterocycles. The summed E-state index contributed by atoms with van der Waals surface area (Å²) >= 11 is 0. The summed E-state index contributed by atoms with van der Waals surface area (Å²) < 4.78 is 19.1. The number of carbonyl (C=O) groups excluding carboxylic acids is 1. The largest absolute Gasteiger partial charge is 0.458 e. The van der Waals surface area contributed by atoms with E-state index in [1.165, 1.54) is 25.7 Å². The zero-order chi connectivity index (χ0) is 29.0. The third-order valence-electron chi connectivity index (χ3n) is 13.2. The first kappa shape index (κ1) is 32.0. The van der Waals surface area contributed by atoms with Crippen LogP contribution in [-0.2, 0) is 14.2 Å². The highest BCUT2D eigenvalue weighted by molar-refractivity contribution is 5.89. The number of carbonyl (C=O) groups is 1. The normalized spacial score (nSPS) is 40.0. The van der Waals surface area contributed by atoms with Gasteiger partial charge >= 0.3 is 5.97 Å². The van der Waals surface area contributed by atoms with Gasteiger partial charge in [-0.05, 0) is 110 Å². The highest BCUT2D eigenvalue weighted by Gasteiger charge is 2.65. The van der Waals surface area contributed by atoms with Gasteiger partial charge in [-0.3, -0.25) is 0 Å². The van der Waals surface area contributed by atoms with Crippen LogP contribution in [0.1, 0.15) is 117 Å². The summed E-state index contributed by atoms with van der Waals surface area (Å²) in [6.45, 7) is 13.2. The van der Waals surface area contributed by atoms with Gasteiger partial charge in [0.1, 0.15) is 6.10 Å². The molecule has 5 nitrogen and oxygen atoms in total. The van der Waals surface area contributed by atoms with E-state index in [0.717, 1.165) is 38.5 Å². The molecule has 5 aliphatic rings. The SMILES string of the molecule is C.CC(C)[C@H](O)CCC(C)[C@H]1CCC2C3C(CC[C@@]21C)[C@@]1(C)CCC2(C[C@@H]1C[C@H]3OC(=O)c1ccccc1)OCCO2. The number of rotatable bonds is 7. The molecule has 1 aromatic rings. The molecule has 1 spiro atoms. The van der Waals surface area contributed by atoms with Crippen molar-refractivity contribution in [2.24, 2.45) is 52.3 Å². The molecule has 5 fully saturated rings. The van der Waals surface area contributed by atoms with Gasteiger partial charge in [0.05, 0.1) is 24.9 Å². The number of esters is 1. The summed E-state index contributed by atoms with van der Waals surface area (Å²) in [4.78, 5) is 13.5. The number of fused-ring (bicyclic) bond motifs is 5. The summed E-state index contributed by atoms with van der Waals surface area (Å²) in [7, 11) is 0. The van der Waals surface area contributed by atoms with Crippen molar-refractivity contribution in [2.75, 3.05) is 13.2 Å². The fraction of sp³-hybridized carbons (Fsp3) is 0.811. The molecule has 5 heteroatoms. The van der Waals surface area contributed by atoms with Crippen molar-refractivity contribution in [3.8, 4) is 0 Å². The van der Waals surface area contributed by atoms with Crippen molar-refractivity contribution in [2.45, 2.75) is 124 Å². The van der Waals surface area contributed by atoms with Gasteiger partial charge in [-0.2, -0.15) is 0 Å². The first-order chi connectivity index (χ1) is 19.6. The van der Waals surface area contributed by atoms with Crippen molar-refractivity contribution >= 4 is 5.97 Å². The Hall–Kier alpha value is -1.43. The highest BCUT2D eigenvalue weighted by atomic mass is 16.7. The molecule has 42 heavy (non-hydrogen) atoms. The third kappa shape index (κ3) is 5.49. The zero-order valence-corrected chi connectivity index (χ0v) is 26.1. The molecule has 0 amide bonds. The summed E-state index contributed by atoms with van der Waals surface area (Å²) in [5.41, 5.74) is 1.14. The molecular weight excluding hydrogens is 524 g/mol. The van der Waals surface area contributed by atoms with Crippen molar-refractivity contribution < 1.29 is 24.1 Å². The Kier molecular flexibility index (Phi) is 9.26. The van der Waals surface area contributed by atoms with Gasteiger partial charge in [-0.15, -0.1) is 0 Å². The van der Waals surface area contributed by atoms with Gasteiger partial charge in [0.25, 0.3) is 0 Å². The predicted octanol–water partition coefficient (Wildman–Crippen LogP) is 8.29. The van der Waals surface area contributed by atoms with E-state index in [2.05, 4.69) is 34.6 Å². The van der Waals surface area contributed by atoms with Gasteiger partial charge in [0.2, 0.25) is 0 Å². The predicted molar refractivity (Wildman–Crippen MR) is 167 cm³/mol. The van der Waals surface area contributed by atoms with Crippen molar-refractivity contribution in [3.05, 3.63) is 35.9 Å². The molecule has 4 aliphatic carbocycles. The second kappa shape index (κ2) is 12.2. The first-order valence-corrected chi connectivity index (χ1v) is 16.8. The lowest BCUT2D eigenvalue weighted by Crippen LogP contribution is -2.60. The monoisotopic (exact) mass is 582 g/mol. The Balaban J connectivity index is 0.00000353. The maximum absolute atomic E-state index is 13.5. The maximum atomic E-state index is 13.5. The zero-order valence-electron chi connectivity index (χ0n) is 26.1. The molecule has 6 rings (SSSR count). The van der Waals surface area contributed by atoms with E-state index in [1.54, 1.807) is 0 Å². The summed E-state index contributed by atoms with van der Waals surface area (Å²) in [5.74, 6) is 2.95. The highest BCUT2D eigenvalue weighted by Crippen LogP contribution is 2.69. The van der Waals surface area contributed by atoms with E-state index in [1.807, 2.05) is 30.3 Å². The van der Waals surface area contributed by atoms with Crippen molar-refractivity contribution in [1.29, 1.82) is 0 Å². The lowest BCUT2D eigenvalue weighted by Gasteiger charge is -2.63. The first-order valence-electron chi connectivity index (χ1n) is 16.8. The van der Waals surface area contributed by atoms with E-state index >= 15 is 0 Å². The summed E-state index contributed by atoms with van der Waals surface area (Å²) in [6.07, 6.45) is 10.6. The average molecular weight is 583 g/mol. The Morgan fingerprint density at radius 2 is 1.64 bits per heavy atom. The van der Waals surface area contributed by atoms with Crippen LogP contribution >= 0.6 is 0 Å². The number of aliphatic hydroxyl groups excluding tert-OH is 1. The molecule has 10 atom stereocenters. The van der Waals surface area contributed by atoms with Crippen LogP contribution in [0.4, 0.5) is 0 Å². The number of hydrogen-bond donors (Lipinski definition) is 1. The standard InChI is InChI=1S/C36H54O5.CH4/c1-23(2)30(37)14-11-24(3)27-12-13-28-32-29(15-16-35(27,28)5)34(4)17-18-36(39-19-20-40-36)22-26(34)21-31(32)41-33(38)25-9-7-6-8-10-25;/h6-10,23-24,26-32,37H,11-22H2,1-5H3;1H4/t24?,26-,27+,28?,29?,30+,31+,32?,34-,35+;/m0./s1. The van der Waals surface area contributed by atoms with Gasteiger partial charge in [0, 0.05) is 18.8 Å². The van der Waals surface area contributed by atoms with Gasteiger partial charge in [-0.1, -0.05) is 60.2 Å². The van der Waals surface area contributed by atoms with Crippen molar-refractivity contribution in [3.63, 3.8) is 0 Å². The van der Waals surface area contributed by atoms with Crippen molar-refractivity contribution in [1.82, 2.24) is 0 Å². The second-order valence-electron chi connectivity index (χ2n) is 15.4. The van der Waals surface area contributed by atoms with Gasteiger partial charge in [-0.25, -0.2) is 4.79 Å². The molecule has 1 saturated heterocycles. The topological polar surface area (TPSA) is 65.0 Å². The van der Waals surface area contributed by atoms with Crippen LogP contribution in [0.3, 0.4) is 0 Å². The smallest absolute Gasteiger partial charge is 0.338 e. The van der Waals surface area contributed by atoms with Crippen LogP contribution in [0.15, 0.2) is 30.3 Å². The molecule has 4 unspecified atom stereocenters. The minimum Gasteiger partial charge on any atom is -0.458 e. The lowest BCUT2D eigenvalue weighted by atomic mass is 9.43. The molecule has 4 saturated carbocycles. The van der Waals surface area contributed by atoms with E-state index in [9.17, 15) is 9.90 Å². The summed E-state index contributed by atoms with van der Waals surface area (Å²) in [5, 5.41) is 10.5. The van der Waals surface area contributed by atoms with Crippen LogP contribution < -0.4 is 0 Å². The Morgan fingerprint density at radius 1 is 0.952 bits per heavy atom. The van der Waals surface area contributed by atoms with Crippen LogP contribution in [-0.4, -0.2) is 42.3 Å². The van der Waals surface area contributed by atoms with Crippen LogP contribution in [0.25, 0.3) is 0 Å². The molecule has 236 valence electrons. The van der Waals surface area contributed by atoms with E-state index in [0.29, 0.717) is 60.2 Å². The van der Waals surface area contributed by atoms with E-state index < -0.39 is 5.79 Å². The molecule has 0 radical (unpaired) electrons. The number of benzene rings is 1. The molecule has 0 bridgehead atoms. The molecule has 0 aromatic heterocycles. The molecule has 1 N–H and O–H groups in total. The number of hydrogen-bond acceptors (Lipinski definition) is 5. The third-order valence-corrected chi connectivity index (χ3v) is 13.2. The number of aliphatic hydroxyl groups is 1. The lowest BCUT2D eigenvalue weighted by molar-refractivity contribution is -0.242. The Labute approximate surface area is 255 Å². The minimum atomic E-state index is -0.428. The fourth-order valence-corrected chi connectivity index (χ4v) is 10.7. The molecular formula is C37H58O5. The summed E-state index contributed by atoms with van der Waals surface area (Å²) in [6, 6.07) is 9.56. The Bertz CT molecular complexity index is 1070.